The molecule has 0 radical (unpaired) electrons. The summed E-state index contributed by atoms with van der Waals surface area (Å²) in [6.07, 6.45) is 5.31. The highest BCUT2D eigenvalue weighted by atomic mass is 16.1. The van der Waals surface area contributed by atoms with Gasteiger partial charge in [-0.15, -0.1) is 0 Å². The first-order chi connectivity index (χ1) is 6.83. The van der Waals surface area contributed by atoms with Gasteiger partial charge >= 0.3 is 0 Å². The topological polar surface area (TPSA) is 52.1 Å². The molecule has 84 valence electrons. The molecule has 1 aromatic carbocycles. The van der Waals surface area contributed by atoms with Gasteiger partial charge in [-0.1, -0.05) is 44.9 Å². The number of rotatable bonds is 5. The molecular formula is C13H21NO. The maximum absolute atomic E-state index is 10.9. The van der Waals surface area contributed by atoms with Crippen LogP contribution < -0.4 is 6.15 Å². The highest BCUT2D eigenvalue weighted by molar-refractivity contribution is 5.78. The summed E-state index contributed by atoms with van der Waals surface area (Å²) in [6, 6.07) is 6.03. The van der Waals surface area contributed by atoms with Crippen LogP contribution in [0.5, 0.6) is 0 Å². The molecule has 1 rings (SSSR count). The van der Waals surface area contributed by atoms with Crippen LogP contribution in [0, 0.1) is 0 Å². The third-order valence-electron chi connectivity index (χ3n) is 2.46. The van der Waals surface area contributed by atoms with Gasteiger partial charge in [0.1, 0.15) is 6.29 Å². The van der Waals surface area contributed by atoms with Crippen molar-refractivity contribution in [2.75, 3.05) is 0 Å². The van der Waals surface area contributed by atoms with Crippen LogP contribution in [0.2, 0.25) is 0 Å². The van der Waals surface area contributed by atoms with E-state index in [1.807, 2.05) is 12.1 Å². The van der Waals surface area contributed by atoms with Crippen LogP contribution in [0.1, 0.15) is 48.2 Å². The lowest BCUT2D eigenvalue weighted by atomic mass is 9.95. The van der Waals surface area contributed by atoms with E-state index in [0.29, 0.717) is 0 Å². The summed E-state index contributed by atoms with van der Waals surface area (Å²) in [4.78, 5) is 10.9. The van der Waals surface area contributed by atoms with Crippen molar-refractivity contribution in [3.05, 3.63) is 34.9 Å². The molecule has 0 aliphatic carbocycles. The van der Waals surface area contributed by atoms with Crippen LogP contribution in [0.25, 0.3) is 0 Å². The molecule has 15 heavy (non-hydrogen) atoms. The van der Waals surface area contributed by atoms with Gasteiger partial charge in [-0.3, -0.25) is 4.79 Å². The Labute approximate surface area is 92.3 Å². The molecule has 0 bridgehead atoms. The van der Waals surface area contributed by atoms with E-state index in [0.717, 1.165) is 37.5 Å². The Hall–Kier alpha value is -1.15. The Morgan fingerprint density at radius 1 is 1.13 bits per heavy atom. The van der Waals surface area contributed by atoms with Gasteiger partial charge in [0.25, 0.3) is 0 Å². The quantitative estimate of drug-likeness (QED) is 0.750. The van der Waals surface area contributed by atoms with E-state index in [1.165, 1.54) is 11.1 Å². The summed E-state index contributed by atoms with van der Waals surface area (Å²) >= 11 is 0. The van der Waals surface area contributed by atoms with Crippen molar-refractivity contribution in [2.24, 2.45) is 0 Å². The number of hydrogen-bond donors (Lipinski definition) is 1. The van der Waals surface area contributed by atoms with Crippen LogP contribution in [-0.2, 0) is 12.8 Å². The van der Waals surface area contributed by atoms with E-state index in [1.54, 1.807) is 0 Å². The van der Waals surface area contributed by atoms with Crippen LogP contribution in [0.15, 0.2) is 18.2 Å². The average Bonchev–Trinajstić information content (AvgIpc) is 2.21. The molecule has 2 nitrogen and oxygen atoms in total. The molecule has 1 aromatic rings. The van der Waals surface area contributed by atoms with E-state index in [2.05, 4.69) is 19.9 Å². The molecule has 0 unspecified atom stereocenters. The summed E-state index contributed by atoms with van der Waals surface area (Å²) in [5.74, 6) is 0. The Morgan fingerprint density at radius 3 is 2.33 bits per heavy atom. The monoisotopic (exact) mass is 207 g/mol. The van der Waals surface area contributed by atoms with Crippen molar-refractivity contribution in [3.8, 4) is 0 Å². The number of benzene rings is 1. The molecule has 0 saturated heterocycles. The van der Waals surface area contributed by atoms with Crippen molar-refractivity contribution in [1.29, 1.82) is 0 Å². The zero-order valence-corrected chi connectivity index (χ0v) is 9.75. The van der Waals surface area contributed by atoms with Gasteiger partial charge in [-0.25, -0.2) is 0 Å². The fourth-order valence-electron chi connectivity index (χ4n) is 1.82. The van der Waals surface area contributed by atoms with E-state index in [9.17, 15) is 4.79 Å². The Bertz CT molecular complexity index is 307. The number of carbonyl (C=O) groups excluding carboxylic acids is 1. The average molecular weight is 207 g/mol. The molecule has 3 N–H and O–H groups in total. The van der Waals surface area contributed by atoms with Gasteiger partial charge < -0.3 is 6.15 Å². The van der Waals surface area contributed by atoms with Crippen molar-refractivity contribution in [3.63, 3.8) is 0 Å². The van der Waals surface area contributed by atoms with E-state index in [-0.39, 0.29) is 6.15 Å². The van der Waals surface area contributed by atoms with Gasteiger partial charge in [-0.05, 0) is 24.0 Å². The SMILES string of the molecule is CCCc1cccc(C=O)c1CCC.N. The second-order valence-electron chi connectivity index (χ2n) is 3.60. The first-order valence-corrected chi connectivity index (χ1v) is 5.39. The molecule has 0 saturated carbocycles. The minimum atomic E-state index is 0. The smallest absolute Gasteiger partial charge is 0.150 e. The van der Waals surface area contributed by atoms with Crippen molar-refractivity contribution >= 4 is 6.29 Å². The number of hydrogen-bond acceptors (Lipinski definition) is 2. The lowest BCUT2D eigenvalue weighted by Gasteiger charge is -2.09. The van der Waals surface area contributed by atoms with Gasteiger partial charge in [0.05, 0.1) is 0 Å². The van der Waals surface area contributed by atoms with E-state index >= 15 is 0 Å². The second kappa shape index (κ2) is 7.18. The maximum atomic E-state index is 10.9. The largest absolute Gasteiger partial charge is 0.344 e. The molecule has 0 fully saturated rings. The third kappa shape index (κ3) is 3.48. The molecule has 2 heteroatoms. The highest BCUT2D eigenvalue weighted by Gasteiger charge is 2.05. The Kier molecular flexibility index (Phi) is 6.63. The van der Waals surface area contributed by atoms with Crippen molar-refractivity contribution in [1.82, 2.24) is 6.15 Å². The highest BCUT2D eigenvalue weighted by Crippen LogP contribution is 2.17. The zero-order valence-electron chi connectivity index (χ0n) is 9.75. The van der Waals surface area contributed by atoms with Crippen LogP contribution in [0.3, 0.4) is 0 Å². The second-order valence-corrected chi connectivity index (χ2v) is 3.60. The molecule has 0 aromatic heterocycles. The summed E-state index contributed by atoms with van der Waals surface area (Å²) < 4.78 is 0. The lowest BCUT2D eigenvalue weighted by molar-refractivity contribution is 0.112. The zero-order chi connectivity index (χ0) is 10.4. The summed E-state index contributed by atoms with van der Waals surface area (Å²) in [5.41, 5.74) is 3.48. The van der Waals surface area contributed by atoms with Crippen LogP contribution in [-0.4, -0.2) is 6.29 Å². The fourth-order valence-corrected chi connectivity index (χ4v) is 1.82. The summed E-state index contributed by atoms with van der Waals surface area (Å²) in [6.45, 7) is 4.32. The number of aryl methyl sites for hydroxylation is 1. The van der Waals surface area contributed by atoms with E-state index < -0.39 is 0 Å². The molecule has 0 heterocycles. The Balaban J connectivity index is 0.00000196. The Morgan fingerprint density at radius 2 is 1.80 bits per heavy atom. The minimum absolute atomic E-state index is 0. The normalized spacial score (nSPS) is 9.47. The molecule has 0 spiro atoms. The predicted octanol–water partition coefficient (Wildman–Crippen LogP) is 3.57. The first-order valence-electron chi connectivity index (χ1n) is 5.39. The van der Waals surface area contributed by atoms with Gasteiger partial charge in [0.2, 0.25) is 0 Å². The molecule has 0 atom stereocenters. The predicted molar refractivity (Wildman–Crippen MR) is 64.8 cm³/mol. The van der Waals surface area contributed by atoms with Gasteiger partial charge in [-0.2, -0.15) is 0 Å². The maximum Gasteiger partial charge on any atom is 0.150 e. The van der Waals surface area contributed by atoms with Crippen LogP contribution in [0.4, 0.5) is 0 Å². The molecule has 0 aliphatic rings. The van der Waals surface area contributed by atoms with Crippen molar-refractivity contribution in [2.45, 2.75) is 39.5 Å². The van der Waals surface area contributed by atoms with E-state index in [4.69, 9.17) is 0 Å². The fraction of sp³-hybridized carbons (Fsp3) is 0.462. The molecular weight excluding hydrogens is 186 g/mol. The van der Waals surface area contributed by atoms with Crippen LogP contribution >= 0.6 is 0 Å². The van der Waals surface area contributed by atoms with Gasteiger partial charge in [0, 0.05) is 5.56 Å². The number of carbonyl (C=O) groups is 1. The molecule has 0 amide bonds. The number of aldehydes is 1. The first kappa shape index (κ1) is 13.8. The molecule has 0 aliphatic heterocycles. The lowest BCUT2D eigenvalue weighted by Crippen LogP contribution is -1.99. The summed E-state index contributed by atoms with van der Waals surface area (Å²) in [7, 11) is 0. The standard InChI is InChI=1S/C13H18O.H3N/c1-3-6-11-8-5-9-12(10-14)13(11)7-4-2;/h5,8-10H,3-4,6-7H2,1-2H3;1H3. The third-order valence-corrected chi connectivity index (χ3v) is 2.46. The summed E-state index contributed by atoms with van der Waals surface area (Å²) in [5, 5.41) is 0. The van der Waals surface area contributed by atoms with Crippen molar-refractivity contribution < 1.29 is 4.79 Å². The van der Waals surface area contributed by atoms with Gasteiger partial charge in [0.15, 0.2) is 0 Å². The minimum Gasteiger partial charge on any atom is -0.344 e.